The van der Waals surface area contributed by atoms with E-state index in [4.69, 9.17) is 11.6 Å². The normalized spacial score (nSPS) is 22.9. The van der Waals surface area contributed by atoms with E-state index in [1.54, 1.807) is 0 Å². The number of aryl methyl sites for hydroxylation is 1. The molecule has 1 aliphatic carbocycles. The summed E-state index contributed by atoms with van der Waals surface area (Å²) in [7, 11) is 0. The van der Waals surface area contributed by atoms with E-state index in [-0.39, 0.29) is 0 Å². The fourth-order valence-corrected chi connectivity index (χ4v) is 4.58. The van der Waals surface area contributed by atoms with Crippen LogP contribution >= 0.6 is 11.6 Å². The Morgan fingerprint density at radius 2 is 1.74 bits per heavy atom. The molecule has 2 rings (SSSR count). The zero-order valence-corrected chi connectivity index (χ0v) is 16.4. The van der Waals surface area contributed by atoms with Crippen molar-refractivity contribution in [2.45, 2.75) is 79.7 Å². The highest BCUT2D eigenvalue weighted by Gasteiger charge is 2.35. The van der Waals surface area contributed by atoms with Crippen LogP contribution in [0.15, 0.2) is 12.3 Å². The Morgan fingerprint density at radius 3 is 2.30 bits per heavy atom. The molecule has 2 nitrogen and oxygen atoms in total. The fourth-order valence-electron chi connectivity index (χ4n) is 4.41. The predicted molar refractivity (Wildman–Crippen MR) is 101 cm³/mol. The molecule has 23 heavy (non-hydrogen) atoms. The Morgan fingerprint density at radius 1 is 1.13 bits per heavy atom. The van der Waals surface area contributed by atoms with Gasteiger partial charge in [-0.05, 0) is 61.8 Å². The highest BCUT2D eigenvalue weighted by Crippen LogP contribution is 2.45. The molecule has 0 aliphatic heterocycles. The van der Waals surface area contributed by atoms with Gasteiger partial charge in [0.15, 0.2) is 0 Å². The maximum absolute atomic E-state index is 6.36. The summed E-state index contributed by atoms with van der Waals surface area (Å²) in [6, 6.07) is 2.53. The summed E-state index contributed by atoms with van der Waals surface area (Å²) in [5.74, 6) is 0.828. The van der Waals surface area contributed by atoms with Crippen molar-refractivity contribution in [2.24, 2.45) is 16.7 Å². The van der Waals surface area contributed by atoms with Crippen LogP contribution in [0.25, 0.3) is 0 Å². The lowest BCUT2D eigenvalue weighted by atomic mass is 9.64. The van der Waals surface area contributed by atoms with Gasteiger partial charge in [-0.15, -0.1) is 0 Å². The lowest BCUT2D eigenvalue weighted by Crippen LogP contribution is -2.35. The van der Waals surface area contributed by atoms with Gasteiger partial charge in [-0.3, -0.25) is 4.98 Å². The van der Waals surface area contributed by atoms with Gasteiger partial charge < -0.3 is 5.32 Å². The van der Waals surface area contributed by atoms with E-state index in [1.165, 1.54) is 32.1 Å². The summed E-state index contributed by atoms with van der Waals surface area (Å²) >= 11 is 6.36. The first-order valence-corrected chi connectivity index (χ1v) is 9.34. The smallest absolute Gasteiger partial charge is 0.0849 e. The molecule has 130 valence electrons. The molecule has 0 unspecified atom stereocenters. The topological polar surface area (TPSA) is 24.9 Å². The first-order valence-electron chi connectivity index (χ1n) is 8.96. The Labute approximate surface area is 147 Å². The van der Waals surface area contributed by atoms with Crippen molar-refractivity contribution in [1.82, 2.24) is 4.98 Å². The molecule has 1 aromatic rings. The van der Waals surface area contributed by atoms with Crippen LogP contribution in [0.2, 0.25) is 5.02 Å². The van der Waals surface area contributed by atoms with Crippen molar-refractivity contribution in [1.29, 1.82) is 0 Å². The number of aromatic nitrogens is 1. The molecule has 0 spiro atoms. The zero-order valence-electron chi connectivity index (χ0n) is 15.7. The first-order chi connectivity index (χ1) is 10.6. The van der Waals surface area contributed by atoms with Crippen LogP contribution in [-0.2, 0) is 0 Å². The highest BCUT2D eigenvalue weighted by atomic mass is 35.5. The van der Waals surface area contributed by atoms with E-state index in [1.807, 2.05) is 19.2 Å². The summed E-state index contributed by atoms with van der Waals surface area (Å²) < 4.78 is 0. The maximum Gasteiger partial charge on any atom is 0.0849 e. The van der Waals surface area contributed by atoms with Gasteiger partial charge in [0.05, 0.1) is 16.4 Å². The Bertz CT molecular complexity index is 523. The summed E-state index contributed by atoms with van der Waals surface area (Å²) in [5.41, 5.74) is 2.77. The van der Waals surface area contributed by atoms with Crippen LogP contribution in [0, 0.1) is 23.7 Å². The lowest BCUT2D eigenvalue weighted by molar-refractivity contribution is 0.0969. The molecule has 1 saturated carbocycles. The minimum Gasteiger partial charge on any atom is -0.381 e. The van der Waals surface area contributed by atoms with Crippen LogP contribution in [0.3, 0.4) is 0 Å². The van der Waals surface area contributed by atoms with Gasteiger partial charge in [-0.2, -0.15) is 0 Å². The summed E-state index contributed by atoms with van der Waals surface area (Å²) in [5, 5.41) is 4.40. The Balaban J connectivity index is 1.92. The summed E-state index contributed by atoms with van der Waals surface area (Å²) in [4.78, 5) is 4.24. The van der Waals surface area contributed by atoms with E-state index in [2.05, 4.69) is 44.9 Å². The average Bonchev–Trinajstić information content (AvgIpc) is 2.42. The third-order valence-electron chi connectivity index (χ3n) is 5.24. The number of pyridine rings is 1. The minimum atomic E-state index is 0.403. The molecule has 0 bridgehead atoms. The Hall–Kier alpha value is -0.760. The van der Waals surface area contributed by atoms with Gasteiger partial charge in [-0.1, -0.05) is 46.2 Å². The lowest BCUT2D eigenvalue weighted by Gasteiger charge is -2.43. The summed E-state index contributed by atoms with van der Waals surface area (Å²) in [6.45, 7) is 13.9. The average molecular weight is 337 g/mol. The molecule has 1 N–H and O–H groups in total. The van der Waals surface area contributed by atoms with Crippen LogP contribution in [-0.4, -0.2) is 11.0 Å². The van der Waals surface area contributed by atoms with Crippen molar-refractivity contribution in [3.8, 4) is 0 Å². The van der Waals surface area contributed by atoms with Gasteiger partial charge in [0.1, 0.15) is 0 Å². The van der Waals surface area contributed by atoms with Crippen molar-refractivity contribution in [3.63, 3.8) is 0 Å². The van der Waals surface area contributed by atoms with E-state index in [9.17, 15) is 0 Å². The minimum absolute atomic E-state index is 0.403. The molecule has 1 heterocycles. The van der Waals surface area contributed by atoms with E-state index in [0.717, 1.165) is 22.3 Å². The van der Waals surface area contributed by atoms with E-state index in [0.29, 0.717) is 16.9 Å². The van der Waals surface area contributed by atoms with Gasteiger partial charge in [0.2, 0.25) is 0 Å². The quantitative estimate of drug-likeness (QED) is 0.680. The molecule has 0 radical (unpaired) electrons. The second-order valence-electron chi connectivity index (χ2n) is 9.18. The van der Waals surface area contributed by atoms with Crippen molar-refractivity contribution >= 4 is 17.3 Å². The molecular weight excluding hydrogens is 304 g/mol. The van der Waals surface area contributed by atoms with Crippen molar-refractivity contribution in [2.75, 3.05) is 5.32 Å². The number of nitrogens with one attached hydrogen (secondary N) is 1. The van der Waals surface area contributed by atoms with Crippen LogP contribution < -0.4 is 5.32 Å². The third kappa shape index (κ3) is 5.11. The molecular formula is C20H33ClN2. The number of hydrogen-bond donors (Lipinski definition) is 1. The number of anilines is 1. The molecule has 1 aromatic heterocycles. The SMILES string of the molecule is Cc1nccc(NC2CCC(C(C)(C)CC(C)(C)C)CC2)c1Cl. The second kappa shape index (κ2) is 7.01. The number of rotatable bonds is 4. The van der Waals surface area contributed by atoms with E-state index >= 15 is 0 Å². The van der Waals surface area contributed by atoms with Crippen LogP contribution in [0.4, 0.5) is 5.69 Å². The molecule has 0 amide bonds. The monoisotopic (exact) mass is 336 g/mol. The van der Waals surface area contributed by atoms with Crippen molar-refractivity contribution in [3.05, 3.63) is 23.0 Å². The number of hydrogen-bond acceptors (Lipinski definition) is 2. The Kier molecular flexibility index (Phi) is 5.66. The predicted octanol–water partition coefficient (Wildman–Crippen LogP) is 6.48. The van der Waals surface area contributed by atoms with Gasteiger partial charge >= 0.3 is 0 Å². The van der Waals surface area contributed by atoms with E-state index < -0.39 is 0 Å². The molecule has 0 atom stereocenters. The third-order valence-corrected chi connectivity index (χ3v) is 5.72. The highest BCUT2D eigenvalue weighted by molar-refractivity contribution is 6.33. The molecule has 1 fully saturated rings. The van der Waals surface area contributed by atoms with Crippen LogP contribution in [0.1, 0.15) is 72.4 Å². The maximum atomic E-state index is 6.36. The largest absolute Gasteiger partial charge is 0.381 e. The molecule has 0 aromatic carbocycles. The van der Waals surface area contributed by atoms with Gasteiger partial charge in [0, 0.05) is 12.2 Å². The fraction of sp³-hybridized carbons (Fsp3) is 0.750. The van der Waals surface area contributed by atoms with Crippen LogP contribution in [0.5, 0.6) is 0 Å². The van der Waals surface area contributed by atoms with Gasteiger partial charge in [-0.25, -0.2) is 0 Å². The molecule has 0 saturated heterocycles. The standard InChI is InChI=1S/C20H33ClN2/c1-14-18(21)17(11-12-22-14)23-16-9-7-15(8-10-16)20(5,6)13-19(2,3)4/h11-12,15-16H,7-10,13H2,1-6H3,(H,22,23). The zero-order chi connectivity index (χ0) is 17.3. The number of halogens is 1. The second-order valence-corrected chi connectivity index (χ2v) is 9.55. The molecule has 3 heteroatoms. The first kappa shape index (κ1) is 18.6. The summed E-state index contributed by atoms with van der Waals surface area (Å²) in [6.07, 6.45) is 8.20. The van der Waals surface area contributed by atoms with Gasteiger partial charge in [0.25, 0.3) is 0 Å². The van der Waals surface area contributed by atoms with Crippen molar-refractivity contribution < 1.29 is 0 Å². The molecule has 1 aliphatic rings. The number of nitrogens with zero attached hydrogens (tertiary/aromatic N) is 1.